The summed E-state index contributed by atoms with van der Waals surface area (Å²) in [6.07, 6.45) is 3.96. The smallest absolute Gasteiger partial charge is 0.263 e. The first-order chi connectivity index (χ1) is 14.0. The summed E-state index contributed by atoms with van der Waals surface area (Å²) < 4.78 is 0. The molecule has 2 aromatic carbocycles. The Morgan fingerprint density at radius 2 is 1.69 bits per heavy atom. The van der Waals surface area contributed by atoms with Crippen LogP contribution in [0.25, 0.3) is 0 Å². The molecule has 0 aliphatic carbocycles. The van der Waals surface area contributed by atoms with E-state index in [1.54, 1.807) is 12.1 Å². The predicted molar refractivity (Wildman–Crippen MR) is 118 cm³/mol. The minimum atomic E-state index is -0.150. The third-order valence-corrected chi connectivity index (χ3v) is 6.12. The second-order valence-corrected chi connectivity index (χ2v) is 8.66. The fraction of sp³-hybridized carbons (Fsp3) is 0.333. The van der Waals surface area contributed by atoms with Crippen LogP contribution in [0, 0.1) is 0 Å². The average molecular weight is 453 g/mol. The Balaban J connectivity index is 1.62. The fourth-order valence-electron chi connectivity index (χ4n) is 3.82. The Bertz CT molecular complexity index is 926. The zero-order chi connectivity index (χ0) is 20.4. The normalized spacial score (nSPS) is 19.9. The van der Waals surface area contributed by atoms with E-state index in [0.717, 1.165) is 36.5 Å². The molecule has 5 nitrogen and oxygen atoms in total. The van der Waals surface area contributed by atoms with Crippen LogP contribution in [0.5, 0.6) is 0 Å². The van der Waals surface area contributed by atoms with Gasteiger partial charge in [0.2, 0.25) is 0 Å². The molecule has 0 saturated carbocycles. The molecule has 0 unspecified atom stereocenters. The number of nitrogens with one attached hydrogen (secondary N) is 2. The van der Waals surface area contributed by atoms with Gasteiger partial charge in [-0.2, -0.15) is 10.5 Å². The number of nitrogens with zero attached hydrogens (tertiary/aromatic N) is 2. The number of anilines is 1. The molecule has 4 rings (SSSR count). The summed E-state index contributed by atoms with van der Waals surface area (Å²) in [6, 6.07) is 12.7. The molecule has 152 valence electrons. The predicted octanol–water partition coefficient (Wildman–Crippen LogP) is 4.05. The maximum absolute atomic E-state index is 12.9. The highest BCUT2D eigenvalue weighted by atomic mass is 35.5. The molecule has 2 aliphatic rings. The summed E-state index contributed by atoms with van der Waals surface area (Å²) in [4.78, 5) is 12.9. The molecule has 1 atom stereocenters. The molecule has 29 heavy (non-hydrogen) atoms. The van der Waals surface area contributed by atoms with Crippen molar-refractivity contribution in [3.05, 3.63) is 63.1 Å². The number of carbonyl (C=O) groups is 1. The van der Waals surface area contributed by atoms with Gasteiger partial charge in [0.25, 0.3) is 0 Å². The molecule has 1 fully saturated rings. The van der Waals surface area contributed by atoms with Gasteiger partial charge in [0.05, 0.1) is 29.8 Å². The van der Waals surface area contributed by atoms with Gasteiger partial charge in [0.1, 0.15) is 5.71 Å². The number of rotatable bonds is 4. The molecule has 0 spiro atoms. The summed E-state index contributed by atoms with van der Waals surface area (Å²) in [7, 11) is 0. The molecule has 2 aliphatic heterocycles. The van der Waals surface area contributed by atoms with Crippen LogP contribution in [-0.4, -0.2) is 24.7 Å². The first kappa shape index (κ1) is 20.5. The maximum Gasteiger partial charge on any atom is 0.312 e. The van der Waals surface area contributed by atoms with E-state index >= 15 is 0 Å². The molecule has 2 N–H and O–H groups in total. The van der Waals surface area contributed by atoms with Crippen molar-refractivity contribution in [2.24, 2.45) is 5.10 Å². The van der Waals surface area contributed by atoms with E-state index in [-0.39, 0.29) is 11.9 Å². The van der Waals surface area contributed by atoms with E-state index in [4.69, 9.17) is 34.8 Å². The highest BCUT2D eigenvalue weighted by Crippen LogP contribution is 2.39. The number of amides is 1. The number of hydrogen-bond donors (Lipinski definition) is 2. The van der Waals surface area contributed by atoms with Crippen LogP contribution in [0.1, 0.15) is 37.3 Å². The molecular weight excluding hydrogens is 431 g/mol. The summed E-state index contributed by atoms with van der Waals surface area (Å²) in [6.45, 7) is 1.90. The van der Waals surface area contributed by atoms with Crippen molar-refractivity contribution in [1.29, 1.82) is 0 Å². The minimum Gasteiger partial charge on any atom is -0.263 e. The van der Waals surface area contributed by atoms with Gasteiger partial charge in [-0.15, -0.1) is 0 Å². The van der Waals surface area contributed by atoms with E-state index in [0.29, 0.717) is 32.9 Å². The number of quaternary nitrogens is 1. The number of hydrazone groups is 1. The van der Waals surface area contributed by atoms with E-state index in [9.17, 15) is 4.79 Å². The molecule has 2 aromatic rings. The molecule has 1 saturated heterocycles. The molecular formula is C21H22Cl3N4O+. The van der Waals surface area contributed by atoms with Crippen molar-refractivity contribution in [2.45, 2.75) is 31.7 Å². The van der Waals surface area contributed by atoms with Crippen molar-refractivity contribution in [3.8, 4) is 0 Å². The van der Waals surface area contributed by atoms with Crippen LogP contribution in [0.3, 0.4) is 0 Å². The zero-order valence-corrected chi connectivity index (χ0v) is 18.1. The SMILES string of the molecule is O=C(N[NH+]1CCCCC1)C1=NN(c2ccc(Cl)cc2Cl)[C@@H](c2ccc(Cl)cc2)C1. The van der Waals surface area contributed by atoms with E-state index in [1.165, 1.54) is 6.42 Å². The lowest BCUT2D eigenvalue weighted by molar-refractivity contribution is -0.940. The summed E-state index contributed by atoms with van der Waals surface area (Å²) in [5.41, 5.74) is 5.30. The molecule has 1 amide bonds. The quantitative estimate of drug-likeness (QED) is 0.735. The van der Waals surface area contributed by atoms with E-state index in [2.05, 4.69) is 10.5 Å². The van der Waals surface area contributed by atoms with Gasteiger partial charge in [-0.05, 0) is 55.2 Å². The highest BCUT2D eigenvalue weighted by molar-refractivity contribution is 6.40. The number of benzene rings is 2. The summed E-state index contributed by atoms with van der Waals surface area (Å²) in [5, 5.41) is 9.28. The Labute approximate surface area is 185 Å². The largest absolute Gasteiger partial charge is 0.312 e. The third kappa shape index (κ3) is 4.69. The third-order valence-electron chi connectivity index (χ3n) is 5.33. The Morgan fingerprint density at radius 1 is 1.00 bits per heavy atom. The van der Waals surface area contributed by atoms with Gasteiger partial charge in [0.15, 0.2) is 0 Å². The van der Waals surface area contributed by atoms with Crippen LogP contribution in [0.15, 0.2) is 47.6 Å². The maximum atomic E-state index is 12.9. The summed E-state index contributed by atoms with van der Waals surface area (Å²) >= 11 is 18.6. The second-order valence-electron chi connectivity index (χ2n) is 7.38. The van der Waals surface area contributed by atoms with Gasteiger partial charge in [-0.25, -0.2) is 5.01 Å². The van der Waals surface area contributed by atoms with Gasteiger partial charge in [-0.1, -0.05) is 46.9 Å². The van der Waals surface area contributed by atoms with E-state index in [1.807, 2.05) is 35.3 Å². The number of carbonyl (C=O) groups excluding carboxylic acids is 1. The lowest BCUT2D eigenvalue weighted by Crippen LogP contribution is -3.20. The monoisotopic (exact) mass is 451 g/mol. The lowest BCUT2D eigenvalue weighted by Gasteiger charge is -2.25. The van der Waals surface area contributed by atoms with Crippen LogP contribution in [-0.2, 0) is 4.79 Å². The fourth-order valence-corrected chi connectivity index (χ4v) is 4.44. The molecule has 0 bridgehead atoms. The van der Waals surface area contributed by atoms with Crippen molar-refractivity contribution in [2.75, 3.05) is 18.1 Å². The van der Waals surface area contributed by atoms with Crippen molar-refractivity contribution in [3.63, 3.8) is 0 Å². The van der Waals surface area contributed by atoms with Crippen molar-refractivity contribution in [1.82, 2.24) is 5.43 Å². The van der Waals surface area contributed by atoms with Crippen LogP contribution in [0.2, 0.25) is 15.1 Å². The molecule has 8 heteroatoms. The Hall–Kier alpha value is -1.79. The summed E-state index contributed by atoms with van der Waals surface area (Å²) in [5.74, 6) is -0.131. The van der Waals surface area contributed by atoms with E-state index < -0.39 is 0 Å². The van der Waals surface area contributed by atoms with Gasteiger partial charge < -0.3 is 0 Å². The molecule has 0 aromatic heterocycles. The standard InChI is InChI=1S/C21H21Cl3N4O/c22-15-6-4-14(5-7-15)20-13-18(21(29)26-27-10-2-1-3-11-27)25-28(20)19-9-8-16(23)12-17(19)24/h4-9,12,20H,1-3,10-11,13H2,(H,26,29)/p+1/t20-/m1/s1. The van der Waals surface area contributed by atoms with Crippen LogP contribution in [0.4, 0.5) is 5.69 Å². The first-order valence-electron chi connectivity index (χ1n) is 9.74. The Morgan fingerprint density at radius 3 is 2.38 bits per heavy atom. The number of hydrogen-bond acceptors (Lipinski definition) is 3. The first-order valence-corrected chi connectivity index (χ1v) is 10.9. The van der Waals surface area contributed by atoms with Crippen molar-refractivity contribution >= 4 is 52.1 Å². The van der Waals surface area contributed by atoms with Gasteiger partial charge in [0, 0.05) is 16.5 Å². The molecule has 0 radical (unpaired) electrons. The highest BCUT2D eigenvalue weighted by Gasteiger charge is 2.34. The zero-order valence-electron chi connectivity index (χ0n) is 15.8. The molecule has 2 heterocycles. The minimum absolute atomic E-state index is 0.131. The topological polar surface area (TPSA) is 49.1 Å². The number of halogens is 3. The second kappa shape index (κ2) is 8.92. The van der Waals surface area contributed by atoms with Crippen LogP contribution >= 0.6 is 34.8 Å². The van der Waals surface area contributed by atoms with Gasteiger partial charge >= 0.3 is 5.91 Å². The number of piperidine rings is 1. The Kier molecular flexibility index (Phi) is 6.30. The van der Waals surface area contributed by atoms with Crippen LogP contribution < -0.4 is 15.4 Å². The van der Waals surface area contributed by atoms with Crippen molar-refractivity contribution < 1.29 is 9.80 Å². The van der Waals surface area contributed by atoms with Gasteiger partial charge in [-0.3, -0.25) is 9.80 Å². The average Bonchev–Trinajstić information content (AvgIpc) is 3.14. The lowest BCUT2D eigenvalue weighted by atomic mass is 10.0.